The van der Waals surface area contributed by atoms with E-state index >= 15 is 0 Å². The van der Waals surface area contributed by atoms with Gasteiger partial charge in [-0.3, -0.25) is 8.37 Å². The molecule has 0 saturated heterocycles. The monoisotopic (exact) mass is 586 g/mol. The smallest absolute Gasteiger partial charge is 0.305 e. The van der Waals surface area contributed by atoms with Crippen LogP contribution in [0, 0.1) is 34.5 Å². The number of phenols is 2. The quantitative estimate of drug-likeness (QED) is 0.384. The van der Waals surface area contributed by atoms with E-state index in [0.29, 0.717) is 35.2 Å². The molecule has 2 aromatic rings. The molecule has 0 amide bonds. The van der Waals surface area contributed by atoms with Gasteiger partial charge in [0.15, 0.2) is 0 Å². The van der Waals surface area contributed by atoms with Crippen molar-refractivity contribution < 1.29 is 22.8 Å². The second kappa shape index (κ2) is 9.80. The van der Waals surface area contributed by atoms with E-state index in [1.54, 1.807) is 0 Å². The number of fused-ring (bicyclic) bond motifs is 10. The van der Waals surface area contributed by atoms with Crippen molar-refractivity contribution >= 4 is 22.5 Å². The Morgan fingerprint density at radius 2 is 1.14 bits per heavy atom. The molecule has 0 aromatic heterocycles. The zero-order valence-electron chi connectivity index (χ0n) is 24.7. The summed E-state index contributed by atoms with van der Waals surface area (Å²) in [6, 6.07) is 11.7. The first-order chi connectivity index (χ1) is 20.2. The van der Waals surface area contributed by atoms with Crippen LogP contribution in [0.25, 0.3) is 11.1 Å². The lowest BCUT2D eigenvalue weighted by Crippen LogP contribution is -2.43. The predicted octanol–water partition coefficient (Wildman–Crippen LogP) is 7.68. The van der Waals surface area contributed by atoms with Gasteiger partial charge in [0.1, 0.15) is 11.5 Å². The maximum atomic E-state index is 13.5. The Morgan fingerprint density at radius 1 is 0.690 bits per heavy atom. The molecule has 2 aromatic carbocycles. The summed E-state index contributed by atoms with van der Waals surface area (Å²) < 4.78 is 26.2. The molecule has 8 rings (SSSR count). The molecule has 5 nitrogen and oxygen atoms in total. The minimum atomic E-state index is -1.78. The first-order valence-corrected chi connectivity index (χ1v) is 17.1. The van der Waals surface area contributed by atoms with Gasteiger partial charge in [-0.2, -0.15) is 4.21 Å². The summed E-state index contributed by atoms with van der Waals surface area (Å²) in [5, 5.41) is 20.0. The Bertz CT molecular complexity index is 1420. The molecule has 6 aliphatic carbocycles. The molecule has 0 spiro atoms. The Balaban J connectivity index is 0.969. The predicted molar refractivity (Wildman–Crippen MR) is 165 cm³/mol. The highest BCUT2D eigenvalue weighted by molar-refractivity contribution is 7.75. The summed E-state index contributed by atoms with van der Waals surface area (Å²) in [5.41, 5.74) is 7.90. The fraction of sp³-hybridized carbons (Fsp3) is 0.556. The molecule has 0 bridgehead atoms. The third-order valence-corrected chi connectivity index (χ3v) is 13.4. The fourth-order valence-corrected chi connectivity index (χ4v) is 11.4. The Labute approximate surface area is 251 Å². The summed E-state index contributed by atoms with van der Waals surface area (Å²) in [7, 11) is 0. The van der Waals surface area contributed by atoms with Crippen LogP contribution in [0.5, 0.6) is 11.5 Å². The molecular weight excluding hydrogens is 544 g/mol. The molecule has 6 aliphatic rings. The lowest BCUT2D eigenvalue weighted by atomic mass is 9.60. The van der Waals surface area contributed by atoms with Crippen LogP contribution in [-0.2, 0) is 32.6 Å². The molecule has 2 fully saturated rings. The third kappa shape index (κ3) is 4.04. The van der Waals surface area contributed by atoms with Crippen LogP contribution in [0.1, 0.15) is 87.5 Å². The van der Waals surface area contributed by atoms with E-state index in [-0.39, 0.29) is 23.0 Å². The highest BCUT2D eigenvalue weighted by atomic mass is 32.2. The van der Waals surface area contributed by atoms with Crippen molar-refractivity contribution in [1.82, 2.24) is 0 Å². The van der Waals surface area contributed by atoms with Crippen molar-refractivity contribution in [2.45, 2.75) is 90.3 Å². The first-order valence-electron chi connectivity index (χ1n) is 16.1. The van der Waals surface area contributed by atoms with Crippen LogP contribution in [-0.4, -0.2) is 26.6 Å². The second-order valence-electron chi connectivity index (χ2n) is 14.5. The normalized spacial score (nSPS) is 38.0. The van der Waals surface area contributed by atoms with Gasteiger partial charge in [0.25, 0.3) is 0 Å². The minimum Gasteiger partial charge on any atom is -0.508 e. The van der Waals surface area contributed by atoms with E-state index in [9.17, 15) is 14.4 Å². The van der Waals surface area contributed by atoms with E-state index in [1.807, 2.05) is 24.3 Å². The second-order valence-corrected chi connectivity index (χ2v) is 15.2. The van der Waals surface area contributed by atoms with Gasteiger partial charge < -0.3 is 10.2 Å². The maximum absolute atomic E-state index is 13.5. The number of rotatable bonds is 4. The van der Waals surface area contributed by atoms with Crippen LogP contribution in [0.4, 0.5) is 0 Å². The van der Waals surface area contributed by atoms with E-state index in [1.165, 1.54) is 33.4 Å². The van der Waals surface area contributed by atoms with Gasteiger partial charge in [-0.1, -0.05) is 38.1 Å². The molecule has 42 heavy (non-hydrogen) atoms. The lowest BCUT2D eigenvalue weighted by Gasteiger charge is -2.46. The van der Waals surface area contributed by atoms with Crippen LogP contribution in [0.2, 0.25) is 0 Å². The maximum Gasteiger partial charge on any atom is 0.305 e. The highest BCUT2D eigenvalue weighted by Crippen LogP contribution is 2.61. The average molecular weight is 587 g/mol. The molecular formula is C36H42O5S. The molecule has 222 valence electrons. The molecule has 0 aliphatic heterocycles. The number of allylic oxidation sites excluding steroid dienone is 4. The largest absolute Gasteiger partial charge is 0.508 e. The van der Waals surface area contributed by atoms with Crippen molar-refractivity contribution in [3.63, 3.8) is 0 Å². The van der Waals surface area contributed by atoms with Crippen molar-refractivity contribution in [2.24, 2.45) is 34.5 Å². The molecule has 6 heteroatoms. The summed E-state index contributed by atoms with van der Waals surface area (Å²) in [4.78, 5) is 0. The number of hydrogen-bond donors (Lipinski definition) is 2. The van der Waals surface area contributed by atoms with Crippen LogP contribution in [0.3, 0.4) is 0 Å². The number of phenolic OH excluding ortho intramolecular Hbond substituents is 2. The van der Waals surface area contributed by atoms with E-state index in [2.05, 4.69) is 38.1 Å². The molecule has 2 N–H and O–H groups in total. The molecule has 0 radical (unpaired) electrons. The average Bonchev–Trinajstić information content (AvgIpc) is 3.48. The zero-order valence-corrected chi connectivity index (χ0v) is 25.5. The van der Waals surface area contributed by atoms with E-state index in [0.717, 1.165) is 64.2 Å². The molecule has 2 saturated carbocycles. The van der Waals surface area contributed by atoms with Gasteiger partial charge in [0.05, 0.1) is 12.2 Å². The van der Waals surface area contributed by atoms with Crippen molar-refractivity contribution in [2.75, 3.05) is 0 Å². The Kier molecular flexibility index (Phi) is 6.34. The van der Waals surface area contributed by atoms with Gasteiger partial charge in [-0.25, -0.2) is 0 Å². The topological polar surface area (TPSA) is 76.0 Å². The van der Waals surface area contributed by atoms with Gasteiger partial charge in [-0.15, -0.1) is 0 Å². The number of aryl methyl sites for hydroxylation is 2. The Hall–Kier alpha value is -2.41. The van der Waals surface area contributed by atoms with Gasteiger partial charge in [0.2, 0.25) is 0 Å². The summed E-state index contributed by atoms with van der Waals surface area (Å²) in [5.74, 6) is 2.70. The molecule has 0 heterocycles. The van der Waals surface area contributed by atoms with Crippen molar-refractivity contribution in [3.8, 4) is 11.5 Å². The van der Waals surface area contributed by atoms with Crippen LogP contribution < -0.4 is 0 Å². The number of hydrogen-bond acceptors (Lipinski definition) is 5. The number of benzene rings is 2. The summed E-state index contributed by atoms with van der Waals surface area (Å²) in [6.45, 7) is 4.68. The van der Waals surface area contributed by atoms with Gasteiger partial charge in [0, 0.05) is 10.8 Å². The highest BCUT2D eigenvalue weighted by Gasteiger charge is 2.56. The van der Waals surface area contributed by atoms with Crippen molar-refractivity contribution in [3.05, 3.63) is 70.8 Å². The summed E-state index contributed by atoms with van der Waals surface area (Å²) >= 11 is -1.78. The van der Waals surface area contributed by atoms with E-state index < -0.39 is 11.4 Å². The lowest BCUT2D eigenvalue weighted by molar-refractivity contribution is 0.0137. The van der Waals surface area contributed by atoms with E-state index in [4.69, 9.17) is 8.37 Å². The Morgan fingerprint density at radius 3 is 1.60 bits per heavy atom. The standard InChI is InChI=1S/C36H42O5S/c1-35-17-15-27-25-9-5-23(37)19-21(25)3-7-29(27)31(35)11-13-33(35)40-42(39)41-34-14-12-32-30-8-4-22-20-24(38)6-10-26(22)28(30)16-18-36(32,34)2/h5-6,9-10,15-16,19-20,29-34,37-38H,3-4,7-8,11-14,17-18H2,1-2H3/t29-,30-,31+,32+,33+,34+,35+,36+/m1/s1. The van der Waals surface area contributed by atoms with Crippen LogP contribution in [0.15, 0.2) is 48.6 Å². The summed E-state index contributed by atoms with van der Waals surface area (Å²) in [6.07, 6.45) is 14.7. The fourth-order valence-electron chi connectivity index (χ4n) is 10.4. The first kappa shape index (κ1) is 27.2. The van der Waals surface area contributed by atoms with Gasteiger partial charge in [-0.05, 0) is 146 Å². The molecule has 8 atom stereocenters. The van der Waals surface area contributed by atoms with Crippen LogP contribution >= 0.6 is 0 Å². The number of aromatic hydroxyl groups is 2. The minimum absolute atomic E-state index is 0.0455. The zero-order chi connectivity index (χ0) is 28.8. The van der Waals surface area contributed by atoms with Crippen molar-refractivity contribution in [1.29, 1.82) is 0 Å². The third-order valence-electron chi connectivity index (χ3n) is 12.6. The van der Waals surface area contributed by atoms with Gasteiger partial charge >= 0.3 is 11.4 Å². The SMILES string of the molecule is C[C@]12CC=C3c4ccc(O)cc4CC[C@H]3[C@@H]1CC[C@@H]2OS(=O)O[C@H]1CC[C@H]2[C@@H]3CCc4cc(O)ccc4C3=CC[C@]12C. The molecule has 0 unspecified atom stereocenters.